The molecule has 0 saturated heterocycles. The highest BCUT2D eigenvalue weighted by Gasteiger charge is 2.74. The van der Waals surface area contributed by atoms with Crippen molar-refractivity contribution in [2.24, 2.45) is 0 Å². The first kappa shape index (κ1) is 52.6. The molecule has 1 atom stereocenters. The predicted molar refractivity (Wildman–Crippen MR) is 195 cm³/mol. The minimum Gasteiger partial charge on any atom is -0.449 e. The molecule has 0 bridgehead atoms. The highest BCUT2D eigenvalue weighted by atomic mass is 35.5. The van der Waals surface area contributed by atoms with Crippen molar-refractivity contribution in [2.75, 3.05) is 29.2 Å². The topological polar surface area (TPSA) is 166 Å². The van der Waals surface area contributed by atoms with Crippen LogP contribution in [0.5, 0.6) is 0 Å². The van der Waals surface area contributed by atoms with Crippen LogP contribution in [0.2, 0.25) is 0 Å². The van der Waals surface area contributed by atoms with Crippen molar-refractivity contribution in [3.8, 4) is 0 Å². The average molecular weight is 967 g/mol. The summed E-state index contributed by atoms with van der Waals surface area (Å²) in [6, 6.07) is 16.0. The van der Waals surface area contributed by atoms with Gasteiger partial charge in [0, 0.05) is 40.2 Å². The summed E-state index contributed by atoms with van der Waals surface area (Å²) in [6.07, 6.45) is -18.6. The molecule has 3 amide bonds. The fraction of sp³-hybridized carbons (Fsp3) is 0.314. The quantitative estimate of drug-likeness (QED) is 0.0693. The average Bonchev–Trinajstić information content (AvgIpc) is 3.15. The fourth-order valence-corrected chi connectivity index (χ4v) is 4.49. The molecule has 0 aliphatic heterocycles. The number of amides is 3. The second kappa shape index (κ2) is 22.0. The fourth-order valence-electron chi connectivity index (χ4n) is 4.13. The molecule has 3 aromatic rings. The second-order valence-corrected chi connectivity index (χ2v) is 13.0. The van der Waals surface area contributed by atoms with Crippen molar-refractivity contribution in [3.05, 3.63) is 89.5 Å². The maximum atomic E-state index is 12.9. The standard InChI is InChI=1S/C12H8ClF4NO3.C12H11ClF3NO3.C11H7ClF5NO3/c13-9(19)6-2-1-3-7(4-6)18-10(20)21-8-5-11(14,15)12(8,16)17;13-10(18)8-3-1-4-9(7-8)17-11(19)20-6-2-5-12(14,15)16;12-8(19)6-2-1-3-7(4-6)18-9(20)21-5-10(13,14)11(15,16)17/h1-4,8H,5H2,(H,18,20);1,3-4,7H,2,5-6H2,(H,17,19);1-4H,5H2,(H,18,20). The molecule has 0 spiro atoms. The van der Waals surface area contributed by atoms with Crippen LogP contribution in [0.1, 0.15) is 50.3 Å². The zero-order valence-electron chi connectivity index (χ0n) is 30.4. The van der Waals surface area contributed by atoms with Crippen molar-refractivity contribution in [3.63, 3.8) is 0 Å². The van der Waals surface area contributed by atoms with E-state index >= 15 is 0 Å². The van der Waals surface area contributed by atoms with E-state index in [1.807, 2.05) is 5.32 Å². The maximum Gasteiger partial charge on any atom is 0.456 e. The number of alkyl halides is 12. The molecule has 1 aliphatic carbocycles. The Bertz CT molecular complexity index is 2080. The first-order valence-electron chi connectivity index (χ1n) is 16.5. The van der Waals surface area contributed by atoms with E-state index in [9.17, 15) is 81.5 Å². The van der Waals surface area contributed by atoms with Gasteiger partial charge < -0.3 is 14.2 Å². The van der Waals surface area contributed by atoms with Crippen molar-refractivity contribution in [2.45, 2.75) is 55.5 Å². The number of benzene rings is 3. The van der Waals surface area contributed by atoms with E-state index in [4.69, 9.17) is 34.8 Å². The van der Waals surface area contributed by atoms with Crippen LogP contribution in [-0.4, -0.2) is 83.4 Å². The molecule has 62 heavy (non-hydrogen) atoms. The highest BCUT2D eigenvalue weighted by molar-refractivity contribution is 6.68. The van der Waals surface area contributed by atoms with E-state index in [-0.39, 0.29) is 46.8 Å². The van der Waals surface area contributed by atoms with Gasteiger partial charge in [-0.05, 0) is 95.8 Å². The van der Waals surface area contributed by atoms with Crippen molar-refractivity contribution in [1.82, 2.24) is 0 Å². The summed E-state index contributed by atoms with van der Waals surface area (Å²) in [7, 11) is 0. The van der Waals surface area contributed by atoms with Crippen LogP contribution < -0.4 is 16.0 Å². The second-order valence-electron chi connectivity index (χ2n) is 12.0. The summed E-state index contributed by atoms with van der Waals surface area (Å²) in [6.45, 7) is -2.50. The molecule has 1 fully saturated rings. The maximum absolute atomic E-state index is 12.9. The monoisotopic (exact) mass is 965 g/mol. The van der Waals surface area contributed by atoms with E-state index in [0.717, 1.165) is 6.07 Å². The molecule has 1 unspecified atom stereocenters. The van der Waals surface area contributed by atoms with Gasteiger partial charge in [-0.15, -0.1) is 0 Å². The summed E-state index contributed by atoms with van der Waals surface area (Å²) >= 11 is 15.7. The summed E-state index contributed by atoms with van der Waals surface area (Å²) in [5.74, 6) is -13.7. The lowest BCUT2D eigenvalue weighted by Crippen LogP contribution is -2.63. The minimum absolute atomic E-state index is 0.00455. The Hall–Kier alpha value is -5.49. The molecule has 0 aromatic heterocycles. The Labute approximate surface area is 355 Å². The van der Waals surface area contributed by atoms with E-state index in [2.05, 4.69) is 24.8 Å². The lowest BCUT2D eigenvalue weighted by molar-refractivity contribution is -0.328. The molecule has 1 saturated carbocycles. The molecule has 12 nitrogen and oxygen atoms in total. The van der Waals surface area contributed by atoms with Gasteiger partial charge in [-0.3, -0.25) is 30.3 Å². The zero-order chi connectivity index (χ0) is 47.3. The molecular weight excluding hydrogens is 941 g/mol. The van der Waals surface area contributed by atoms with E-state index in [1.54, 1.807) is 0 Å². The number of carbonyl (C=O) groups excluding carboxylic acids is 6. The Morgan fingerprint density at radius 2 is 1.00 bits per heavy atom. The van der Waals surface area contributed by atoms with E-state index in [0.29, 0.717) is 0 Å². The van der Waals surface area contributed by atoms with Gasteiger partial charge in [0.05, 0.1) is 13.0 Å². The van der Waals surface area contributed by atoms with Crippen LogP contribution in [-0.2, 0) is 14.2 Å². The third-order valence-corrected chi connectivity index (χ3v) is 7.88. The highest BCUT2D eigenvalue weighted by Crippen LogP contribution is 2.52. The van der Waals surface area contributed by atoms with Crippen LogP contribution in [0.4, 0.5) is 84.1 Å². The number of hydrogen-bond donors (Lipinski definition) is 3. The lowest BCUT2D eigenvalue weighted by atomic mass is 9.85. The van der Waals surface area contributed by atoms with Crippen molar-refractivity contribution in [1.29, 1.82) is 0 Å². The Balaban J connectivity index is 0.000000320. The Morgan fingerprint density at radius 3 is 1.34 bits per heavy atom. The summed E-state index contributed by atoms with van der Waals surface area (Å²) in [5.41, 5.74) is 0.506. The van der Waals surface area contributed by atoms with Gasteiger partial charge in [-0.25, -0.2) is 14.4 Å². The molecule has 3 N–H and O–H groups in total. The molecule has 0 radical (unpaired) electrons. The van der Waals surface area contributed by atoms with Gasteiger partial charge in [0.15, 0.2) is 12.7 Å². The van der Waals surface area contributed by atoms with Gasteiger partial charge in [0.25, 0.3) is 15.7 Å². The smallest absolute Gasteiger partial charge is 0.449 e. The lowest BCUT2D eigenvalue weighted by Gasteiger charge is -2.42. The number of anilines is 3. The van der Waals surface area contributed by atoms with Crippen LogP contribution in [0, 0.1) is 0 Å². The molecule has 27 heteroatoms. The first-order valence-corrected chi connectivity index (χ1v) is 17.6. The summed E-state index contributed by atoms with van der Waals surface area (Å²) in [5, 5.41) is 3.92. The van der Waals surface area contributed by atoms with Gasteiger partial charge in [0.2, 0.25) is 0 Å². The molecule has 4 rings (SSSR count). The molecule has 0 heterocycles. The number of halogens is 15. The van der Waals surface area contributed by atoms with Crippen molar-refractivity contribution >= 4 is 85.9 Å². The van der Waals surface area contributed by atoms with Crippen molar-refractivity contribution < 1.29 is 95.7 Å². The molecule has 1 aliphatic rings. The minimum atomic E-state index is -5.82. The van der Waals surface area contributed by atoms with Crippen LogP contribution >= 0.6 is 34.8 Å². The SMILES string of the molecule is O=C(Nc1cccc(C(=O)Cl)c1)OC1CC(F)(F)C1(F)F.O=C(Nc1cccc(C(=O)Cl)c1)OCC(F)(F)C(F)(F)F.O=C(Nc1cccc(C(=O)Cl)c1)OCCCC(F)(F)F. The summed E-state index contributed by atoms with van der Waals surface area (Å²) < 4.78 is 160. The normalized spacial score (nSPS) is 15.0. The number of ether oxygens (including phenoxy) is 3. The Morgan fingerprint density at radius 1 is 0.613 bits per heavy atom. The van der Waals surface area contributed by atoms with Gasteiger partial charge >= 0.3 is 48.4 Å². The molecular formula is C35H26Cl3F12N3O9. The van der Waals surface area contributed by atoms with Crippen LogP contribution in [0.25, 0.3) is 0 Å². The molecule has 340 valence electrons. The zero-order valence-corrected chi connectivity index (χ0v) is 32.7. The molecule has 3 aromatic carbocycles. The Kier molecular flexibility index (Phi) is 18.7. The summed E-state index contributed by atoms with van der Waals surface area (Å²) in [4.78, 5) is 66.4. The number of carbonyl (C=O) groups is 6. The van der Waals surface area contributed by atoms with Gasteiger partial charge in [0.1, 0.15) is 0 Å². The first-order chi connectivity index (χ1) is 28.4. The predicted octanol–water partition coefficient (Wildman–Crippen LogP) is 11.4. The van der Waals surface area contributed by atoms with Gasteiger partial charge in [-0.2, -0.15) is 52.7 Å². The van der Waals surface area contributed by atoms with E-state index < -0.39 is 89.7 Å². The van der Waals surface area contributed by atoms with Gasteiger partial charge in [-0.1, -0.05) is 18.2 Å². The van der Waals surface area contributed by atoms with Crippen LogP contribution in [0.3, 0.4) is 0 Å². The number of rotatable bonds is 12. The number of nitrogens with one attached hydrogen (secondary N) is 3. The third-order valence-electron chi connectivity index (χ3n) is 7.23. The largest absolute Gasteiger partial charge is 0.456 e. The number of hydrogen-bond acceptors (Lipinski definition) is 9. The van der Waals surface area contributed by atoms with Crippen LogP contribution in [0.15, 0.2) is 72.8 Å². The van der Waals surface area contributed by atoms with E-state index in [1.165, 1.54) is 66.7 Å². The third kappa shape index (κ3) is 17.1.